The second-order valence-corrected chi connectivity index (χ2v) is 4.18. The molecule has 0 aliphatic heterocycles. The molecule has 0 radical (unpaired) electrons. The predicted molar refractivity (Wildman–Crippen MR) is 49.0 cm³/mol. The maximum Gasteiger partial charge on any atom is 0.0373 e. The van der Waals surface area contributed by atoms with Crippen molar-refractivity contribution in [2.45, 2.75) is 11.8 Å². The van der Waals surface area contributed by atoms with Crippen LogP contribution in [0, 0.1) is 10.5 Å². The van der Waals surface area contributed by atoms with Crippen LogP contribution in [0.15, 0.2) is 10.3 Å². The lowest BCUT2D eigenvalue weighted by molar-refractivity contribution is 1.40. The number of thiophene rings is 1. The molecule has 0 nitrogen and oxygen atoms in total. The molecule has 0 fully saturated rings. The number of halogens is 1. The van der Waals surface area contributed by atoms with E-state index in [0.717, 1.165) is 4.90 Å². The van der Waals surface area contributed by atoms with E-state index < -0.39 is 0 Å². The molecule has 44 valence electrons. The molecule has 0 amide bonds. The highest BCUT2D eigenvalue weighted by molar-refractivity contribution is 14.1. The largest absolute Gasteiger partial charge is 0.147 e. The highest BCUT2D eigenvalue weighted by Gasteiger charge is 1.98. The zero-order chi connectivity index (χ0) is 6.15. The van der Waals surface area contributed by atoms with Gasteiger partial charge in [-0.25, -0.2) is 0 Å². The first kappa shape index (κ1) is 6.89. The average molecular weight is 256 g/mol. The molecule has 1 rings (SSSR count). The lowest BCUT2D eigenvalue weighted by Gasteiger charge is -1.83. The van der Waals surface area contributed by atoms with Crippen molar-refractivity contribution in [2.75, 3.05) is 0 Å². The summed E-state index contributed by atoms with van der Waals surface area (Å²) in [5.41, 5.74) is 0. The van der Waals surface area contributed by atoms with E-state index in [4.69, 9.17) is 0 Å². The van der Waals surface area contributed by atoms with E-state index in [-0.39, 0.29) is 0 Å². The van der Waals surface area contributed by atoms with E-state index in [2.05, 4.69) is 47.5 Å². The second-order valence-electron chi connectivity index (χ2n) is 1.49. The second kappa shape index (κ2) is 2.58. The zero-order valence-corrected chi connectivity index (χ0v) is 8.18. The molecule has 8 heavy (non-hydrogen) atoms. The Morgan fingerprint density at radius 3 is 2.50 bits per heavy atom. The molecule has 0 bridgehead atoms. The van der Waals surface area contributed by atoms with Crippen LogP contribution in [0.25, 0.3) is 0 Å². The summed E-state index contributed by atoms with van der Waals surface area (Å²) in [5.74, 6) is 0. The highest BCUT2D eigenvalue weighted by Crippen LogP contribution is 2.25. The maximum atomic E-state index is 4.27. The summed E-state index contributed by atoms with van der Waals surface area (Å²) in [6.45, 7) is 2.08. The van der Waals surface area contributed by atoms with Crippen LogP contribution in [-0.2, 0) is 0 Å². The van der Waals surface area contributed by atoms with Crippen molar-refractivity contribution in [3.05, 3.63) is 13.8 Å². The molecule has 1 heterocycles. The van der Waals surface area contributed by atoms with Gasteiger partial charge in [-0.05, 0) is 29.5 Å². The van der Waals surface area contributed by atoms with Gasteiger partial charge in [0.1, 0.15) is 0 Å². The van der Waals surface area contributed by atoms with E-state index in [1.54, 1.807) is 11.3 Å². The standard InChI is InChI=1S/C5H5IS2/c1-3-5(7)4(6)2-8-3/h2,7H,1H3. The third-order valence-electron chi connectivity index (χ3n) is 0.899. The Morgan fingerprint density at radius 2 is 2.38 bits per heavy atom. The van der Waals surface area contributed by atoms with Crippen LogP contribution in [0.4, 0.5) is 0 Å². The van der Waals surface area contributed by atoms with Crippen molar-refractivity contribution in [3.63, 3.8) is 0 Å². The van der Waals surface area contributed by atoms with Crippen LogP contribution in [0.1, 0.15) is 4.88 Å². The maximum absolute atomic E-state index is 4.27. The van der Waals surface area contributed by atoms with Gasteiger partial charge in [-0.3, -0.25) is 0 Å². The molecule has 1 aromatic rings. The quantitative estimate of drug-likeness (QED) is 0.535. The normalized spacial score (nSPS) is 9.88. The first-order valence-corrected chi connectivity index (χ1v) is 4.55. The van der Waals surface area contributed by atoms with Crippen LogP contribution < -0.4 is 0 Å². The molecule has 0 saturated carbocycles. The van der Waals surface area contributed by atoms with Gasteiger partial charge in [0.2, 0.25) is 0 Å². The first-order chi connectivity index (χ1) is 3.72. The molecular weight excluding hydrogens is 251 g/mol. The minimum atomic E-state index is 1.13. The van der Waals surface area contributed by atoms with Crippen LogP contribution >= 0.6 is 46.6 Å². The number of rotatable bonds is 0. The Kier molecular flexibility index (Phi) is 2.22. The third-order valence-corrected chi connectivity index (χ3v) is 4.24. The number of hydrogen-bond acceptors (Lipinski definition) is 2. The molecule has 0 atom stereocenters. The van der Waals surface area contributed by atoms with Crippen LogP contribution in [0.2, 0.25) is 0 Å². The van der Waals surface area contributed by atoms with Gasteiger partial charge in [0.15, 0.2) is 0 Å². The Bertz CT molecular complexity index is 173. The number of thiol groups is 1. The molecule has 0 aliphatic carbocycles. The smallest absolute Gasteiger partial charge is 0.0373 e. The number of aryl methyl sites for hydroxylation is 1. The SMILES string of the molecule is Cc1scc(I)c1S. The van der Waals surface area contributed by atoms with Gasteiger partial charge in [-0.1, -0.05) is 0 Å². The summed E-state index contributed by atoms with van der Waals surface area (Å²) >= 11 is 8.29. The molecule has 0 N–H and O–H groups in total. The van der Waals surface area contributed by atoms with Gasteiger partial charge in [-0.15, -0.1) is 24.0 Å². The van der Waals surface area contributed by atoms with Crippen molar-refractivity contribution >= 4 is 46.6 Å². The van der Waals surface area contributed by atoms with Crippen LogP contribution in [0.3, 0.4) is 0 Å². The fourth-order valence-corrected chi connectivity index (χ4v) is 2.32. The lowest BCUT2D eigenvalue weighted by Crippen LogP contribution is -1.63. The van der Waals surface area contributed by atoms with E-state index in [0.29, 0.717) is 0 Å². The molecule has 3 heteroatoms. The van der Waals surface area contributed by atoms with Crippen LogP contribution in [-0.4, -0.2) is 0 Å². The van der Waals surface area contributed by atoms with Crippen molar-refractivity contribution < 1.29 is 0 Å². The van der Waals surface area contributed by atoms with Crippen molar-refractivity contribution in [2.24, 2.45) is 0 Å². The Balaban J connectivity index is 3.19. The van der Waals surface area contributed by atoms with Gasteiger partial charge in [0, 0.05) is 18.7 Å². The predicted octanol–water partition coefficient (Wildman–Crippen LogP) is 2.95. The van der Waals surface area contributed by atoms with E-state index in [9.17, 15) is 0 Å². The monoisotopic (exact) mass is 256 g/mol. The molecular formula is C5H5IS2. The lowest BCUT2D eigenvalue weighted by atomic mass is 10.5. The molecule has 0 spiro atoms. The minimum absolute atomic E-state index is 1.13. The Labute approximate surface area is 71.9 Å². The van der Waals surface area contributed by atoms with Crippen molar-refractivity contribution in [1.29, 1.82) is 0 Å². The van der Waals surface area contributed by atoms with Crippen molar-refractivity contribution in [3.8, 4) is 0 Å². The van der Waals surface area contributed by atoms with E-state index in [1.807, 2.05) is 0 Å². The summed E-state index contributed by atoms with van der Waals surface area (Å²) in [6, 6.07) is 0. The highest BCUT2D eigenvalue weighted by atomic mass is 127. The third kappa shape index (κ3) is 1.19. The Hall–Kier alpha value is 0.780. The molecule has 0 saturated heterocycles. The molecule has 0 aliphatic rings. The van der Waals surface area contributed by atoms with Crippen molar-refractivity contribution in [1.82, 2.24) is 0 Å². The van der Waals surface area contributed by atoms with Gasteiger partial charge in [0.25, 0.3) is 0 Å². The summed E-state index contributed by atoms with van der Waals surface area (Å²) in [6.07, 6.45) is 0. The van der Waals surface area contributed by atoms with Gasteiger partial charge < -0.3 is 0 Å². The summed E-state index contributed by atoms with van der Waals surface area (Å²) in [5, 5.41) is 2.11. The summed E-state index contributed by atoms with van der Waals surface area (Å²) in [4.78, 5) is 2.44. The minimum Gasteiger partial charge on any atom is -0.147 e. The summed E-state index contributed by atoms with van der Waals surface area (Å²) in [7, 11) is 0. The fourth-order valence-electron chi connectivity index (χ4n) is 0.420. The van der Waals surface area contributed by atoms with E-state index >= 15 is 0 Å². The van der Waals surface area contributed by atoms with Gasteiger partial charge in [0.05, 0.1) is 0 Å². The zero-order valence-electron chi connectivity index (χ0n) is 4.31. The van der Waals surface area contributed by atoms with Crippen LogP contribution in [0.5, 0.6) is 0 Å². The number of hydrogen-bond donors (Lipinski definition) is 1. The molecule has 1 aromatic heterocycles. The molecule has 0 aromatic carbocycles. The van der Waals surface area contributed by atoms with Gasteiger partial charge >= 0.3 is 0 Å². The van der Waals surface area contributed by atoms with E-state index in [1.165, 1.54) is 8.45 Å². The Morgan fingerprint density at radius 1 is 1.75 bits per heavy atom. The first-order valence-electron chi connectivity index (χ1n) is 2.14. The molecule has 0 unspecified atom stereocenters. The fraction of sp³-hybridized carbons (Fsp3) is 0.200. The topological polar surface area (TPSA) is 0 Å². The summed E-state index contributed by atoms with van der Waals surface area (Å²) < 4.78 is 1.26. The average Bonchev–Trinajstić information content (AvgIpc) is 1.98. The van der Waals surface area contributed by atoms with Gasteiger partial charge in [-0.2, -0.15) is 0 Å².